The minimum absolute atomic E-state index is 0.0909. The smallest absolute Gasteiger partial charge is 0.325 e. The van der Waals surface area contributed by atoms with Crippen molar-refractivity contribution < 1.29 is 14.4 Å². The average Bonchev–Trinajstić information content (AvgIpc) is 2.75. The van der Waals surface area contributed by atoms with Crippen LogP contribution in [0.3, 0.4) is 0 Å². The minimum atomic E-state index is -0.485. The topological polar surface area (TPSA) is 81.8 Å². The number of carbonyl (C=O) groups is 3. The van der Waals surface area contributed by atoms with Crippen molar-refractivity contribution in [2.45, 2.75) is 52.2 Å². The number of fused-ring (bicyclic) bond motifs is 1. The lowest BCUT2D eigenvalue weighted by Gasteiger charge is -2.46. The van der Waals surface area contributed by atoms with Crippen LogP contribution in [0.5, 0.6) is 0 Å². The molecule has 2 saturated heterocycles. The van der Waals surface area contributed by atoms with Gasteiger partial charge in [0.2, 0.25) is 11.8 Å². The van der Waals surface area contributed by atoms with Gasteiger partial charge in [0.1, 0.15) is 12.6 Å². The van der Waals surface area contributed by atoms with Crippen LogP contribution < -0.4 is 10.6 Å². The summed E-state index contributed by atoms with van der Waals surface area (Å²) in [5.41, 5.74) is 4.82. The number of aryl methyl sites for hydroxylation is 3. The SMILES string of the molecule is Cc1ccc(CN2C(=O)C3NCCCC3N(CC(=O)Nc3cc(C)cc(C)c3)C2=O)cc1. The number of anilines is 1. The lowest BCUT2D eigenvalue weighted by Crippen LogP contribution is -2.70. The highest BCUT2D eigenvalue weighted by Gasteiger charge is 2.47. The van der Waals surface area contributed by atoms with E-state index in [2.05, 4.69) is 10.6 Å². The standard InChI is InChI=1S/C25H30N4O3/c1-16-6-8-19(9-7-16)14-29-24(31)23-21(5-4-10-26-23)28(25(29)32)15-22(30)27-20-12-17(2)11-18(3)13-20/h6-9,11-13,21,23,26H,4-5,10,14-15H2,1-3H3,(H,27,30). The van der Waals surface area contributed by atoms with Crippen molar-refractivity contribution in [3.05, 3.63) is 64.7 Å². The molecule has 7 nitrogen and oxygen atoms in total. The Kier molecular flexibility index (Phi) is 6.28. The summed E-state index contributed by atoms with van der Waals surface area (Å²) in [7, 11) is 0. The molecule has 7 heteroatoms. The number of imide groups is 1. The number of rotatable bonds is 5. The number of hydrogen-bond acceptors (Lipinski definition) is 4. The normalized spacial score (nSPS) is 20.8. The number of nitrogens with zero attached hydrogens (tertiary/aromatic N) is 2. The quantitative estimate of drug-likeness (QED) is 0.758. The predicted molar refractivity (Wildman–Crippen MR) is 123 cm³/mol. The summed E-state index contributed by atoms with van der Waals surface area (Å²) in [5, 5.41) is 6.18. The third-order valence-corrected chi connectivity index (χ3v) is 6.12. The molecule has 2 aliphatic rings. The molecule has 2 heterocycles. The number of carbonyl (C=O) groups excluding carboxylic acids is 3. The second-order valence-electron chi connectivity index (χ2n) is 8.89. The summed E-state index contributed by atoms with van der Waals surface area (Å²) in [4.78, 5) is 42.2. The molecule has 0 radical (unpaired) electrons. The van der Waals surface area contributed by atoms with E-state index in [4.69, 9.17) is 0 Å². The van der Waals surface area contributed by atoms with Crippen LogP contribution in [0.1, 0.15) is 35.1 Å². The third-order valence-electron chi connectivity index (χ3n) is 6.12. The van der Waals surface area contributed by atoms with Crippen LogP contribution >= 0.6 is 0 Å². The van der Waals surface area contributed by atoms with Gasteiger partial charge in [-0.1, -0.05) is 35.9 Å². The molecule has 4 amide bonds. The molecule has 0 aromatic heterocycles. The van der Waals surface area contributed by atoms with Crippen molar-refractivity contribution >= 4 is 23.5 Å². The van der Waals surface area contributed by atoms with Gasteiger partial charge in [-0.3, -0.25) is 14.5 Å². The number of amides is 4. The van der Waals surface area contributed by atoms with Gasteiger partial charge in [0.05, 0.1) is 12.6 Å². The maximum Gasteiger partial charge on any atom is 0.327 e. The zero-order chi connectivity index (χ0) is 22.8. The summed E-state index contributed by atoms with van der Waals surface area (Å²) in [6, 6.07) is 12.4. The molecule has 2 unspecified atom stereocenters. The first-order valence-corrected chi connectivity index (χ1v) is 11.1. The summed E-state index contributed by atoms with van der Waals surface area (Å²) < 4.78 is 0. The zero-order valence-electron chi connectivity index (χ0n) is 18.9. The monoisotopic (exact) mass is 434 g/mol. The van der Waals surface area contributed by atoms with Gasteiger partial charge in [-0.05, 0) is 69.0 Å². The van der Waals surface area contributed by atoms with Gasteiger partial charge in [0.15, 0.2) is 0 Å². The summed E-state index contributed by atoms with van der Waals surface area (Å²) in [5.74, 6) is -0.483. The van der Waals surface area contributed by atoms with Gasteiger partial charge >= 0.3 is 6.03 Å². The maximum absolute atomic E-state index is 13.4. The Bertz CT molecular complexity index is 1010. The first-order chi connectivity index (χ1) is 15.3. The fraction of sp³-hybridized carbons (Fsp3) is 0.400. The van der Waals surface area contributed by atoms with Gasteiger partial charge < -0.3 is 15.5 Å². The molecule has 4 rings (SSSR count). The van der Waals surface area contributed by atoms with Gasteiger partial charge in [0.25, 0.3) is 0 Å². The van der Waals surface area contributed by atoms with E-state index in [1.54, 1.807) is 4.90 Å². The van der Waals surface area contributed by atoms with E-state index in [1.807, 2.05) is 63.2 Å². The van der Waals surface area contributed by atoms with E-state index >= 15 is 0 Å². The largest absolute Gasteiger partial charge is 0.327 e. The Labute approximate surface area is 188 Å². The van der Waals surface area contributed by atoms with E-state index in [-0.39, 0.29) is 30.9 Å². The van der Waals surface area contributed by atoms with Crippen LogP contribution in [0.2, 0.25) is 0 Å². The van der Waals surface area contributed by atoms with Crippen LogP contribution in [0.15, 0.2) is 42.5 Å². The van der Waals surface area contributed by atoms with Crippen molar-refractivity contribution in [2.75, 3.05) is 18.4 Å². The van der Waals surface area contributed by atoms with E-state index in [1.165, 1.54) is 4.90 Å². The molecule has 0 spiro atoms. The van der Waals surface area contributed by atoms with Crippen LogP contribution in [0.4, 0.5) is 10.5 Å². The molecule has 2 aromatic carbocycles. The van der Waals surface area contributed by atoms with Crippen molar-refractivity contribution in [2.24, 2.45) is 0 Å². The van der Waals surface area contributed by atoms with Crippen LogP contribution in [0.25, 0.3) is 0 Å². The van der Waals surface area contributed by atoms with E-state index < -0.39 is 12.1 Å². The first kappa shape index (κ1) is 22.0. The molecule has 0 saturated carbocycles. The molecule has 2 aliphatic heterocycles. The predicted octanol–water partition coefficient (Wildman–Crippen LogP) is 3.14. The van der Waals surface area contributed by atoms with E-state index in [9.17, 15) is 14.4 Å². The molecule has 2 aromatic rings. The number of piperidine rings is 1. The molecule has 0 bridgehead atoms. The number of urea groups is 1. The molecule has 2 N–H and O–H groups in total. The van der Waals surface area contributed by atoms with Crippen molar-refractivity contribution in [1.82, 2.24) is 15.1 Å². The van der Waals surface area contributed by atoms with Gasteiger partial charge in [-0.25, -0.2) is 4.79 Å². The van der Waals surface area contributed by atoms with Gasteiger partial charge in [-0.2, -0.15) is 0 Å². The van der Waals surface area contributed by atoms with E-state index in [0.717, 1.165) is 35.2 Å². The van der Waals surface area contributed by atoms with Crippen molar-refractivity contribution in [3.8, 4) is 0 Å². The number of hydrogen-bond donors (Lipinski definition) is 2. The Balaban J connectivity index is 1.54. The summed E-state index contributed by atoms with van der Waals surface area (Å²) in [6.07, 6.45) is 1.55. The second-order valence-corrected chi connectivity index (χ2v) is 8.89. The Morgan fingerprint density at radius 1 is 1.03 bits per heavy atom. The average molecular weight is 435 g/mol. The fourth-order valence-electron chi connectivity index (χ4n) is 4.63. The molecule has 2 fully saturated rings. The fourth-order valence-corrected chi connectivity index (χ4v) is 4.63. The molecular formula is C25H30N4O3. The van der Waals surface area contributed by atoms with Crippen LogP contribution in [0, 0.1) is 20.8 Å². The summed E-state index contributed by atoms with van der Waals surface area (Å²) >= 11 is 0. The van der Waals surface area contributed by atoms with Crippen LogP contribution in [-0.4, -0.2) is 52.8 Å². The summed E-state index contributed by atoms with van der Waals surface area (Å²) in [6.45, 7) is 6.77. The lowest BCUT2D eigenvalue weighted by molar-refractivity contribution is -0.138. The highest BCUT2D eigenvalue weighted by atomic mass is 16.2. The van der Waals surface area contributed by atoms with Crippen molar-refractivity contribution in [1.29, 1.82) is 0 Å². The highest BCUT2D eigenvalue weighted by molar-refractivity contribution is 6.02. The third kappa shape index (κ3) is 4.67. The zero-order valence-corrected chi connectivity index (χ0v) is 18.9. The highest BCUT2D eigenvalue weighted by Crippen LogP contribution is 2.26. The van der Waals surface area contributed by atoms with Crippen molar-refractivity contribution in [3.63, 3.8) is 0 Å². The molecular weight excluding hydrogens is 404 g/mol. The maximum atomic E-state index is 13.4. The minimum Gasteiger partial charge on any atom is -0.325 e. The lowest BCUT2D eigenvalue weighted by atomic mass is 9.93. The Hall–Kier alpha value is -3.19. The van der Waals surface area contributed by atoms with Gasteiger partial charge in [-0.15, -0.1) is 0 Å². The van der Waals surface area contributed by atoms with Crippen LogP contribution in [-0.2, 0) is 16.1 Å². The molecule has 2 atom stereocenters. The number of benzene rings is 2. The number of nitrogens with one attached hydrogen (secondary N) is 2. The second kappa shape index (κ2) is 9.12. The molecule has 32 heavy (non-hydrogen) atoms. The molecule has 168 valence electrons. The molecule has 0 aliphatic carbocycles. The Morgan fingerprint density at radius 3 is 2.41 bits per heavy atom. The van der Waals surface area contributed by atoms with E-state index in [0.29, 0.717) is 12.1 Å². The Morgan fingerprint density at radius 2 is 1.72 bits per heavy atom. The van der Waals surface area contributed by atoms with Gasteiger partial charge in [0, 0.05) is 5.69 Å². The first-order valence-electron chi connectivity index (χ1n) is 11.1.